The Morgan fingerprint density at radius 3 is 2.03 bits per heavy atom. The molecule has 8 heteroatoms. The highest BCUT2D eigenvalue weighted by Gasteiger charge is 2.37. The first-order chi connectivity index (χ1) is 15.7. The molecule has 3 aromatic rings. The summed E-state index contributed by atoms with van der Waals surface area (Å²) in [6.07, 6.45) is 0.989. The predicted octanol–water partition coefficient (Wildman–Crippen LogP) is 4.63. The molecule has 1 aromatic heterocycles. The molecule has 0 aliphatic heterocycles. The Kier molecular flexibility index (Phi) is 6.50. The smallest absolute Gasteiger partial charge is 0.435 e. The minimum absolute atomic E-state index is 0.110. The Bertz CT molecular complexity index is 1220. The van der Waals surface area contributed by atoms with E-state index >= 15 is 0 Å². The lowest BCUT2D eigenvalue weighted by Gasteiger charge is -2.31. The number of aromatic nitrogens is 2. The quantitative estimate of drug-likeness (QED) is 0.425. The molecule has 182 valence electrons. The van der Waals surface area contributed by atoms with E-state index in [1.165, 1.54) is 4.68 Å². The molecule has 1 heterocycles. The molecule has 0 saturated heterocycles. The van der Waals surface area contributed by atoms with Crippen molar-refractivity contribution >= 4 is 28.7 Å². The van der Waals surface area contributed by atoms with Crippen LogP contribution in [-0.4, -0.2) is 39.6 Å². The summed E-state index contributed by atoms with van der Waals surface area (Å²) < 4.78 is 12.2. The number of esters is 1. The Hall–Kier alpha value is -3.39. The fraction of sp³-hybridized carbons (Fsp3) is 0.423. The van der Waals surface area contributed by atoms with Crippen molar-refractivity contribution in [1.29, 1.82) is 0 Å². The Morgan fingerprint density at radius 1 is 0.912 bits per heavy atom. The minimum Gasteiger partial charge on any atom is -0.459 e. The number of benzene rings is 2. The van der Waals surface area contributed by atoms with Crippen molar-refractivity contribution in [3.05, 3.63) is 48.2 Å². The van der Waals surface area contributed by atoms with Crippen LogP contribution >= 0.6 is 0 Å². The number of rotatable bonds is 4. The monoisotopic (exact) mass is 466 g/mol. The normalized spacial score (nSPS) is 14.0. The summed E-state index contributed by atoms with van der Waals surface area (Å²) in [5, 5.41) is 4.82. The maximum absolute atomic E-state index is 12.8. The number of hydrogen-bond acceptors (Lipinski definition) is 7. The highest BCUT2D eigenvalue weighted by atomic mass is 16.6. The van der Waals surface area contributed by atoms with Crippen LogP contribution in [0.25, 0.3) is 22.0 Å². The Balaban J connectivity index is 1.94. The van der Waals surface area contributed by atoms with E-state index in [-0.39, 0.29) is 12.5 Å². The lowest BCUT2D eigenvalue weighted by atomic mass is 9.81. The van der Waals surface area contributed by atoms with Crippen molar-refractivity contribution in [1.82, 2.24) is 9.78 Å². The van der Waals surface area contributed by atoms with Crippen molar-refractivity contribution in [2.45, 2.75) is 65.1 Å². The van der Waals surface area contributed by atoms with Gasteiger partial charge in [-0.15, -0.1) is 0 Å². The van der Waals surface area contributed by atoms with Crippen molar-refractivity contribution in [2.24, 2.45) is 5.73 Å². The van der Waals surface area contributed by atoms with Crippen LogP contribution in [0.5, 0.6) is 0 Å². The second kappa shape index (κ2) is 8.76. The summed E-state index contributed by atoms with van der Waals surface area (Å²) in [5.41, 5.74) is 13.7. The number of carbonyl (C=O) groups excluding carboxylic acids is 2. The third kappa shape index (κ3) is 5.07. The summed E-state index contributed by atoms with van der Waals surface area (Å²) in [6, 6.07) is 11.1. The maximum atomic E-state index is 12.8. The molecule has 1 unspecified atom stereocenters. The number of fused-ring (bicyclic) bond motifs is 1. The van der Waals surface area contributed by atoms with Crippen LogP contribution in [0.4, 0.5) is 10.5 Å². The first-order valence-electron chi connectivity index (χ1n) is 11.2. The molecule has 0 amide bonds. The first-order valence-corrected chi connectivity index (χ1v) is 11.2. The molecular formula is C26H34N4O4. The molecule has 0 aliphatic carbocycles. The van der Waals surface area contributed by atoms with Crippen molar-refractivity contribution in [3.63, 3.8) is 0 Å². The molecule has 0 aliphatic rings. The molecule has 0 fully saturated rings. The molecule has 3 rings (SSSR count). The van der Waals surface area contributed by atoms with Gasteiger partial charge in [0, 0.05) is 17.5 Å². The largest absolute Gasteiger partial charge is 0.459 e. The van der Waals surface area contributed by atoms with Gasteiger partial charge in [0.25, 0.3) is 0 Å². The summed E-state index contributed by atoms with van der Waals surface area (Å²) in [6.45, 7) is 12.8. The molecule has 0 bridgehead atoms. The highest BCUT2D eigenvalue weighted by Crippen LogP contribution is 2.34. The fourth-order valence-corrected chi connectivity index (χ4v) is 3.55. The third-order valence-electron chi connectivity index (χ3n) is 5.45. The highest BCUT2D eigenvalue weighted by molar-refractivity contribution is 6.01. The van der Waals surface area contributed by atoms with Crippen LogP contribution in [-0.2, 0) is 19.7 Å². The lowest BCUT2D eigenvalue weighted by molar-refractivity contribution is -0.161. The van der Waals surface area contributed by atoms with Crippen molar-refractivity contribution in [3.8, 4) is 11.1 Å². The molecule has 0 saturated carbocycles. The van der Waals surface area contributed by atoms with Crippen LogP contribution in [0, 0.1) is 0 Å². The van der Waals surface area contributed by atoms with E-state index in [9.17, 15) is 9.59 Å². The molecule has 1 atom stereocenters. The van der Waals surface area contributed by atoms with Gasteiger partial charge in [-0.25, -0.2) is 4.79 Å². The summed E-state index contributed by atoms with van der Waals surface area (Å²) in [5.74, 6) is -0.370. The zero-order valence-corrected chi connectivity index (χ0v) is 20.9. The molecule has 0 radical (unpaired) electrons. The van der Waals surface area contributed by atoms with Gasteiger partial charge < -0.3 is 20.9 Å². The van der Waals surface area contributed by atoms with Gasteiger partial charge >= 0.3 is 12.1 Å². The van der Waals surface area contributed by atoms with Gasteiger partial charge in [0.05, 0.1) is 17.4 Å². The van der Waals surface area contributed by atoms with Gasteiger partial charge in [-0.2, -0.15) is 9.78 Å². The standard InChI is InChI=1S/C26H34N4O4/c1-24(2,3)33-22(31)26(7,15-27)17-10-8-16(9-11-17)18-12-13-20-19(21(18)28)14-29-30(20)23(32)34-25(4,5)6/h8-14H,15,27-28H2,1-7H3. The van der Waals surface area contributed by atoms with E-state index in [1.807, 2.05) is 51.1 Å². The average Bonchev–Trinajstić information content (AvgIpc) is 3.16. The molecule has 34 heavy (non-hydrogen) atoms. The van der Waals surface area contributed by atoms with Gasteiger partial charge in [0.2, 0.25) is 0 Å². The SMILES string of the molecule is CC(C)(C)OC(=O)n1ncc2c(N)c(-c3ccc(C(C)(CN)C(=O)OC(C)(C)C)cc3)ccc21. The number of nitrogens with two attached hydrogens (primary N) is 2. The van der Waals surface area contributed by atoms with Crippen LogP contribution in [0.15, 0.2) is 42.6 Å². The maximum Gasteiger partial charge on any atom is 0.435 e. The molecule has 0 spiro atoms. The molecule has 8 nitrogen and oxygen atoms in total. The Labute approximate surface area is 200 Å². The van der Waals surface area contributed by atoms with Gasteiger partial charge in [-0.1, -0.05) is 30.3 Å². The average molecular weight is 467 g/mol. The topological polar surface area (TPSA) is 122 Å². The van der Waals surface area contributed by atoms with E-state index in [2.05, 4.69) is 5.10 Å². The first kappa shape index (κ1) is 25.2. The van der Waals surface area contributed by atoms with Crippen molar-refractivity contribution < 1.29 is 19.1 Å². The molecular weight excluding hydrogens is 432 g/mol. The number of ether oxygens (including phenoxy) is 2. The zero-order valence-electron chi connectivity index (χ0n) is 20.9. The van der Waals surface area contributed by atoms with Gasteiger partial charge in [-0.3, -0.25) is 4.79 Å². The van der Waals surface area contributed by atoms with Gasteiger partial charge in [0.1, 0.15) is 16.6 Å². The lowest BCUT2D eigenvalue weighted by Crippen LogP contribution is -2.44. The van der Waals surface area contributed by atoms with Gasteiger partial charge in [0.15, 0.2) is 0 Å². The summed E-state index contributed by atoms with van der Waals surface area (Å²) >= 11 is 0. The second-order valence-electron chi connectivity index (χ2n) is 10.6. The van der Waals surface area contributed by atoms with Crippen LogP contribution in [0.1, 0.15) is 54.0 Å². The predicted molar refractivity (Wildman–Crippen MR) is 133 cm³/mol. The number of nitrogens with zero attached hydrogens (tertiary/aromatic N) is 2. The van der Waals surface area contributed by atoms with E-state index < -0.39 is 22.7 Å². The summed E-state index contributed by atoms with van der Waals surface area (Å²) in [4.78, 5) is 25.3. The Morgan fingerprint density at radius 2 is 1.50 bits per heavy atom. The van der Waals surface area contributed by atoms with E-state index in [4.69, 9.17) is 20.9 Å². The number of nitrogen functional groups attached to an aromatic ring is 1. The number of anilines is 1. The van der Waals surface area contributed by atoms with E-state index in [0.29, 0.717) is 16.6 Å². The third-order valence-corrected chi connectivity index (χ3v) is 5.45. The molecule has 2 aromatic carbocycles. The molecule has 4 N–H and O–H groups in total. The fourth-order valence-electron chi connectivity index (χ4n) is 3.55. The number of carbonyl (C=O) groups is 2. The van der Waals surface area contributed by atoms with Crippen molar-refractivity contribution in [2.75, 3.05) is 12.3 Å². The van der Waals surface area contributed by atoms with Crippen LogP contribution in [0.2, 0.25) is 0 Å². The van der Waals surface area contributed by atoms with Gasteiger partial charge in [-0.05, 0) is 65.7 Å². The van der Waals surface area contributed by atoms with E-state index in [0.717, 1.165) is 16.7 Å². The number of hydrogen-bond donors (Lipinski definition) is 2. The van der Waals surface area contributed by atoms with E-state index in [1.54, 1.807) is 40.0 Å². The zero-order chi connectivity index (χ0) is 25.5. The minimum atomic E-state index is -0.976. The van der Waals surface area contributed by atoms with Crippen LogP contribution < -0.4 is 11.5 Å². The van der Waals surface area contributed by atoms with Crippen LogP contribution in [0.3, 0.4) is 0 Å². The summed E-state index contributed by atoms with van der Waals surface area (Å²) in [7, 11) is 0. The second-order valence-corrected chi connectivity index (χ2v) is 10.6.